The van der Waals surface area contributed by atoms with E-state index in [4.69, 9.17) is 11.6 Å². The zero-order valence-electron chi connectivity index (χ0n) is 10.8. The number of hydrogen-bond donors (Lipinski definition) is 1. The van der Waals surface area contributed by atoms with Crippen LogP contribution in [0.5, 0.6) is 0 Å². The fourth-order valence-electron chi connectivity index (χ4n) is 2.48. The molecule has 2 heteroatoms. The first kappa shape index (κ1) is 12.9. The summed E-state index contributed by atoms with van der Waals surface area (Å²) in [5.41, 5.74) is 4.10. The van der Waals surface area contributed by atoms with E-state index < -0.39 is 0 Å². The van der Waals surface area contributed by atoms with E-state index in [-0.39, 0.29) is 0 Å². The molecule has 2 rings (SSSR count). The molecule has 1 nitrogen and oxygen atoms in total. The molecule has 0 spiro atoms. The average Bonchev–Trinajstić information content (AvgIpc) is 2.32. The maximum atomic E-state index is 6.34. The summed E-state index contributed by atoms with van der Waals surface area (Å²) < 4.78 is 0. The lowest BCUT2D eigenvalue weighted by Crippen LogP contribution is -2.38. The molecule has 1 aromatic rings. The van der Waals surface area contributed by atoms with E-state index in [0.29, 0.717) is 11.4 Å². The van der Waals surface area contributed by atoms with Gasteiger partial charge in [-0.3, -0.25) is 0 Å². The second-order valence-electron chi connectivity index (χ2n) is 5.21. The minimum absolute atomic E-state index is 0.315. The zero-order valence-corrected chi connectivity index (χ0v) is 11.6. The summed E-state index contributed by atoms with van der Waals surface area (Å²) in [6.07, 6.45) is 4.98. The quantitative estimate of drug-likeness (QED) is 0.803. The highest BCUT2D eigenvalue weighted by molar-refractivity contribution is 6.21. The summed E-state index contributed by atoms with van der Waals surface area (Å²) in [5, 5.41) is 3.92. The fourth-order valence-corrected chi connectivity index (χ4v) is 2.85. The smallest absolute Gasteiger partial charge is 0.0489 e. The predicted molar refractivity (Wildman–Crippen MR) is 74.7 cm³/mol. The second kappa shape index (κ2) is 5.88. The van der Waals surface area contributed by atoms with E-state index in [1.165, 1.54) is 36.0 Å². The first-order valence-corrected chi connectivity index (χ1v) is 7.04. The fraction of sp³-hybridized carbons (Fsp3) is 0.600. The summed E-state index contributed by atoms with van der Waals surface area (Å²) in [6.45, 7) is 5.27. The van der Waals surface area contributed by atoms with Gasteiger partial charge in [-0.15, -0.1) is 11.6 Å². The van der Waals surface area contributed by atoms with Gasteiger partial charge in [-0.2, -0.15) is 0 Å². The summed E-state index contributed by atoms with van der Waals surface area (Å²) >= 11 is 6.34. The molecule has 1 fully saturated rings. The number of rotatable bonds is 3. The lowest BCUT2D eigenvalue weighted by atomic mass is 9.94. The van der Waals surface area contributed by atoms with Crippen molar-refractivity contribution in [1.29, 1.82) is 0 Å². The minimum atomic E-state index is 0.315. The van der Waals surface area contributed by atoms with Crippen molar-refractivity contribution in [2.45, 2.75) is 57.5 Å². The lowest BCUT2D eigenvalue weighted by molar-refractivity contribution is 0.378. The molecule has 1 saturated carbocycles. The second-order valence-corrected chi connectivity index (χ2v) is 5.77. The molecule has 0 saturated heterocycles. The van der Waals surface area contributed by atoms with Crippen molar-refractivity contribution in [2.24, 2.45) is 0 Å². The lowest BCUT2D eigenvalue weighted by Gasteiger charge is -2.28. The molecular formula is C15H22ClN. The monoisotopic (exact) mass is 251 g/mol. The molecule has 2 unspecified atom stereocenters. The van der Waals surface area contributed by atoms with Gasteiger partial charge in [-0.05, 0) is 43.4 Å². The third-order valence-corrected chi connectivity index (χ3v) is 4.34. The van der Waals surface area contributed by atoms with Gasteiger partial charge in [0.1, 0.15) is 0 Å². The molecule has 0 amide bonds. The Kier molecular flexibility index (Phi) is 4.47. The van der Waals surface area contributed by atoms with Crippen molar-refractivity contribution in [3.05, 3.63) is 34.9 Å². The number of alkyl halides is 1. The predicted octanol–water partition coefficient (Wildman–Crippen LogP) is 3.94. The number of hydrogen-bond acceptors (Lipinski definition) is 1. The summed E-state index contributed by atoms with van der Waals surface area (Å²) in [4.78, 5) is 0. The number of benzene rings is 1. The van der Waals surface area contributed by atoms with E-state index in [9.17, 15) is 0 Å². The molecular weight excluding hydrogens is 230 g/mol. The van der Waals surface area contributed by atoms with Crippen molar-refractivity contribution in [3.63, 3.8) is 0 Å². The van der Waals surface area contributed by atoms with E-state index in [1.54, 1.807) is 0 Å². The Morgan fingerprint density at radius 1 is 1.18 bits per heavy atom. The molecule has 0 radical (unpaired) electrons. The van der Waals surface area contributed by atoms with E-state index in [2.05, 4.69) is 37.4 Å². The van der Waals surface area contributed by atoms with Gasteiger partial charge in [0.05, 0.1) is 0 Å². The highest BCUT2D eigenvalue weighted by Crippen LogP contribution is 2.23. The van der Waals surface area contributed by atoms with Crippen molar-refractivity contribution in [1.82, 2.24) is 5.32 Å². The average molecular weight is 252 g/mol. The molecule has 0 heterocycles. The Hall–Kier alpha value is -0.530. The molecule has 1 aliphatic carbocycles. The van der Waals surface area contributed by atoms with Crippen LogP contribution >= 0.6 is 11.6 Å². The van der Waals surface area contributed by atoms with Gasteiger partial charge in [0.15, 0.2) is 0 Å². The third kappa shape index (κ3) is 3.46. The number of aryl methyl sites for hydroxylation is 2. The van der Waals surface area contributed by atoms with Crippen LogP contribution in [-0.4, -0.2) is 11.4 Å². The first-order chi connectivity index (χ1) is 8.16. The highest BCUT2D eigenvalue weighted by Gasteiger charge is 2.22. The van der Waals surface area contributed by atoms with Crippen LogP contribution in [0.4, 0.5) is 0 Å². The van der Waals surface area contributed by atoms with Gasteiger partial charge in [0.2, 0.25) is 0 Å². The van der Waals surface area contributed by atoms with E-state index in [1.807, 2.05) is 0 Å². The van der Waals surface area contributed by atoms with Crippen LogP contribution in [0, 0.1) is 13.8 Å². The molecule has 94 valence electrons. The molecule has 2 atom stereocenters. The van der Waals surface area contributed by atoms with Crippen molar-refractivity contribution in [3.8, 4) is 0 Å². The van der Waals surface area contributed by atoms with Gasteiger partial charge in [-0.25, -0.2) is 0 Å². The Morgan fingerprint density at radius 3 is 2.65 bits per heavy atom. The van der Waals surface area contributed by atoms with Crippen LogP contribution in [0.25, 0.3) is 0 Å². The van der Waals surface area contributed by atoms with Crippen LogP contribution in [0.15, 0.2) is 18.2 Å². The number of halogens is 1. The van der Waals surface area contributed by atoms with Crippen LogP contribution < -0.4 is 5.32 Å². The van der Waals surface area contributed by atoms with Gasteiger partial charge in [0, 0.05) is 18.0 Å². The standard InChI is InChI=1S/C15H22ClN/c1-11-7-8-13(9-12(11)2)10-17-15-6-4-3-5-14(15)16/h7-9,14-15,17H,3-6,10H2,1-2H3. The van der Waals surface area contributed by atoms with Crippen molar-refractivity contribution in [2.75, 3.05) is 0 Å². The SMILES string of the molecule is Cc1ccc(CNC2CCCCC2Cl)cc1C. The summed E-state index contributed by atoms with van der Waals surface area (Å²) in [6, 6.07) is 7.17. The molecule has 0 aromatic heterocycles. The van der Waals surface area contributed by atoms with E-state index >= 15 is 0 Å². The van der Waals surface area contributed by atoms with Crippen molar-refractivity contribution < 1.29 is 0 Å². The van der Waals surface area contributed by atoms with E-state index in [0.717, 1.165) is 13.0 Å². The van der Waals surface area contributed by atoms with Crippen LogP contribution in [-0.2, 0) is 6.54 Å². The minimum Gasteiger partial charge on any atom is -0.308 e. The van der Waals surface area contributed by atoms with Crippen LogP contribution in [0.3, 0.4) is 0 Å². The van der Waals surface area contributed by atoms with Gasteiger partial charge in [-0.1, -0.05) is 31.0 Å². The normalized spacial score (nSPS) is 24.9. The number of nitrogens with one attached hydrogen (secondary N) is 1. The third-order valence-electron chi connectivity index (χ3n) is 3.82. The Labute approximate surface area is 110 Å². The van der Waals surface area contributed by atoms with Crippen LogP contribution in [0.2, 0.25) is 0 Å². The molecule has 17 heavy (non-hydrogen) atoms. The summed E-state index contributed by atoms with van der Waals surface area (Å²) in [7, 11) is 0. The van der Waals surface area contributed by atoms with Crippen molar-refractivity contribution >= 4 is 11.6 Å². The maximum absolute atomic E-state index is 6.34. The first-order valence-electron chi connectivity index (χ1n) is 6.60. The molecule has 0 bridgehead atoms. The Bertz CT molecular complexity index is 375. The molecule has 1 aromatic carbocycles. The molecule has 0 aliphatic heterocycles. The largest absolute Gasteiger partial charge is 0.308 e. The topological polar surface area (TPSA) is 12.0 Å². The summed E-state index contributed by atoms with van der Waals surface area (Å²) in [5.74, 6) is 0. The van der Waals surface area contributed by atoms with Gasteiger partial charge in [0.25, 0.3) is 0 Å². The van der Waals surface area contributed by atoms with Gasteiger partial charge < -0.3 is 5.32 Å². The Morgan fingerprint density at radius 2 is 1.94 bits per heavy atom. The molecule has 1 N–H and O–H groups in total. The highest BCUT2D eigenvalue weighted by atomic mass is 35.5. The zero-order chi connectivity index (χ0) is 12.3. The molecule has 1 aliphatic rings. The Balaban J connectivity index is 1.90. The van der Waals surface area contributed by atoms with Gasteiger partial charge >= 0.3 is 0 Å². The van der Waals surface area contributed by atoms with Crippen LogP contribution in [0.1, 0.15) is 42.4 Å². The maximum Gasteiger partial charge on any atom is 0.0489 e.